The van der Waals surface area contributed by atoms with Gasteiger partial charge in [0.2, 0.25) is 0 Å². The molecule has 0 N–H and O–H groups in total. The minimum Gasteiger partial charge on any atom is -0.367 e. The fraction of sp³-hybridized carbons (Fsp3) is 0.440. The van der Waals surface area contributed by atoms with Crippen LogP contribution in [0.2, 0.25) is 0 Å². The van der Waals surface area contributed by atoms with Crippen LogP contribution in [0, 0.1) is 20.8 Å². The molecular weight excluding hydrogens is 342 g/mol. The van der Waals surface area contributed by atoms with Gasteiger partial charge in [-0.15, -0.1) is 0 Å². The summed E-state index contributed by atoms with van der Waals surface area (Å²) in [7, 11) is 4.33. The van der Waals surface area contributed by atoms with E-state index in [-0.39, 0.29) is 0 Å². The lowest BCUT2D eigenvalue weighted by Gasteiger charge is -2.35. The van der Waals surface area contributed by atoms with Gasteiger partial charge < -0.3 is 14.4 Å². The van der Waals surface area contributed by atoms with Gasteiger partial charge in [0.1, 0.15) is 0 Å². The van der Waals surface area contributed by atoms with Crippen molar-refractivity contribution in [2.45, 2.75) is 40.7 Å². The molecule has 28 heavy (non-hydrogen) atoms. The molecule has 0 spiro atoms. The molecule has 4 rings (SSSR count). The average molecular weight is 376 g/mol. The first-order valence-corrected chi connectivity index (χ1v) is 10.5. The highest BCUT2D eigenvalue weighted by atomic mass is 15.2. The maximum atomic E-state index is 2.62. The Bertz CT molecular complexity index is 1010. The van der Waals surface area contributed by atoms with Crippen LogP contribution in [-0.2, 0) is 13.0 Å². The Morgan fingerprint density at radius 2 is 1.71 bits per heavy atom. The van der Waals surface area contributed by atoms with Crippen molar-refractivity contribution in [1.29, 1.82) is 0 Å². The molecule has 0 saturated heterocycles. The van der Waals surface area contributed by atoms with Gasteiger partial charge in [0, 0.05) is 37.3 Å². The van der Waals surface area contributed by atoms with E-state index in [1.807, 2.05) is 0 Å². The fourth-order valence-corrected chi connectivity index (χ4v) is 4.84. The maximum Gasteiger partial charge on any atom is 0.0730 e. The van der Waals surface area contributed by atoms with Gasteiger partial charge in [-0.05, 0) is 69.6 Å². The predicted molar refractivity (Wildman–Crippen MR) is 122 cm³/mol. The number of aryl methyl sites for hydroxylation is 2. The van der Waals surface area contributed by atoms with Gasteiger partial charge in [-0.25, -0.2) is 0 Å². The fourth-order valence-electron chi connectivity index (χ4n) is 4.84. The second-order valence-electron chi connectivity index (χ2n) is 8.54. The van der Waals surface area contributed by atoms with E-state index in [1.54, 1.807) is 0 Å². The van der Waals surface area contributed by atoms with Crippen LogP contribution in [0.4, 0.5) is 5.69 Å². The lowest BCUT2D eigenvalue weighted by Crippen LogP contribution is -2.37. The first-order valence-electron chi connectivity index (χ1n) is 10.5. The Morgan fingerprint density at radius 1 is 1.00 bits per heavy atom. The molecule has 3 heteroatoms. The molecule has 0 saturated carbocycles. The first-order chi connectivity index (χ1) is 13.4. The van der Waals surface area contributed by atoms with Crippen LogP contribution < -0.4 is 4.90 Å². The van der Waals surface area contributed by atoms with Gasteiger partial charge in [0.25, 0.3) is 0 Å². The molecule has 0 aliphatic carbocycles. The van der Waals surface area contributed by atoms with E-state index in [4.69, 9.17) is 0 Å². The monoisotopic (exact) mass is 375 g/mol. The third-order valence-corrected chi connectivity index (χ3v) is 6.33. The Hall–Kier alpha value is -2.26. The van der Waals surface area contributed by atoms with Crippen molar-refractivity contribution in [2.24, 2.45) is 0 Å². The lowest BCUT2D eigenvalue weighted by molar-refractivity contribution is 0.410. The summed E-state index contributed by atoms with van der Waals surface area (Å²) in [6.45, 7) is 13.4. The number of aromatic nitrogens is 1. The summed E-state index contributed by atoms with van der Waals surface area (Å²) in [6, 6.07) is 11.5. The second-order valence-corrected chi connectivity index (χ2v) is 8.54. The summed E-state index contributed by atoms with van der Waals surface area (Å²) in [5.41, 5.74) is 11.3. The summed E-state index contributed by atoms with van der Waals surface area (Å²) in [5.74, 6) is 0. The van der Waals surface area contributed by atoms with Crippen molar-refractivity contribution >= 4 is 16.6 Å². The van der Waals surface area contributed by atoms with E-state index in [9.17, 15) is 0 Å². The Morgan fingerprint density at radius 3 is 2.36 bits per heavy atom. The zero-order chi connectivity index (χ0) is 20.0. The Labute approximate surface area is 169 Å². The standard InChI is InChI=1S/C25H33N3/c1-7-21-19(4)24-25-22(23(21)20-10-8-17(2)9-11-20)16-18(3)28(25)15-14-27(24)13-12-26(5)6/h8-11,16H,7,12-15H2,1-6H3. The summed E-state index contributed by atoms with van der Waals surface area (Å²) < 4.78 is 2.54. The van der Waals surface area contributed by atoms with E-state index in [0.717, 1.165) is 32.6 Å². The van der Waals surface area contributed by atoms with Crippen LogP contribution >= 0.6 is 0 Å². The van der Waals surface area contributed by atoms with Gasteiger partial charge in [0.15, 0.2) is 0 Å². The van der Waals surface area contributed by atoms with Crippen molar-refractivity contribution in [3.63, 3.8) is 0 Å². The van der Waals surface area contributed by atoms with Crippen LogP contribution in [0.15, 0.2) is 30.3 Å². The Balaban J connectivity index is 2.00. The molecule has 0 amide bonds. The highest BCUT2D eigenvalue weighted by Crippen LogP contribution is 2.44. The third-order valence-electron chi connectivity index (χ3n) is 6.33. The molecule has 0 atom stereocenters. The number of hydrogen-bond donors (Lipinski definition) is 0. The van der Waals surface area contributed by atoms with Crippen molar-refractivity contribution in [3.05, 3.63) is 52.7 Å². The minimum atomic E-state index is 1.06. The average Bonchev–Trinajstić information content (AvgIpc) is 3.00. The van der Waals surface area contributed by atoms with Crippen LogP contribution in [0.3, 0.4) is 0 Å². The molecule has 1 aliphatic heterocycles. The number of rotatable bonds is 5. The number of nitrogens with zero attached hydrogens (tertiary/aromatic N) is 3. The SMILES string of the molecule is CCc1c(C)c2c3c(cc(C)n3CCN2CCN(C)C)c1-c1ccc(C)cc1. The van der Waals surface area contributed by atoms with E-state index in [0.29, 0.717) is 0 Å². The Kier molecular flexibility index (Phi) is 4.96. The van der Waals surface area contributed by atoms with Crippen molar-refractivity contribution in [2.75, 3.05) is 38.6 Å². The molecular formula is C25H33N3. The largest absolute Gasteiger partial charge is 0.367 e. The van der Waals surface area contributed by atoms with E-state index in [1.165, 1.54) is 50.1 Å². The molecule has 148 valence electrons. The van der Waals surface area contributed by atoms with E-state index < -0.39 is 0 Å². The molecule has 2 aromatic carbocycles. The van der Waals surface area contributed by atoms with Crippen LogP contribution in [0.5, 0.6) is 0 Å². The highest BCUT2D eigenvalue weighted by molar-refractivity contribution is 6.06. The quantitative estimate of drug-likeness (QED) is 0.609. The minimum absolute atomic E-state index is 1.06. The lowest BCUT2D eigenvalue weighted by atomic mass is 9.88. The summed E-state index contributed by atoms with van der Waals surface area (Å²) in [6.07, 6.45) is 1.06. The molecule has 1 aromatic heterocycles. The highest BCUT2D eigenvalue weighted by Gasteiger charge is 2.27. The smallest absolute Gasteiger partial charge is 0.0730 e. The van der Waals surface area contributed by atoms with Crippen LogP contribution in [0.25, 0.3) is 22.0 Å². The molecule has 0 unspecified atom stereocenters. The molecule has 3 aromatic rings. The normalized spacial score (nSPS) is 13.8. The molecule has 2 heterocycles. The molecule has 3 nitrogen and oxygen atoms in total. The molecule has 0 bridgehead atoms. The number of anilines is 1. The number of likely N-dealkylation sites (N-methyl/N-ethyl adjacent to an activating group) is 1. The van der Waals surface area contributed by atoms with Crippen LogP contribution in [0.1, 0.15) is 29.3 Å². The van der Waals surface area contributed by atoms with E-state index >= 15 is 0 Å². The number of benzene rings is 2. The summed E-state index contributed by atoms with van der Waals surface area (Å²) >= 11 is 0. The predicted octanol–water partition coefficient (Wildman–Crippen LogP) is 5.18. The third kappa shape index (κ3) is 3.02. The summed E-state index contributed by atoms with van der Waals surface area (Å²) in [5, 5.41) is 1.42. The maximum absolute atomic E-state index is 2.62. The molecule has 0 radical (unpaired) electrons. The van der Waals surface area contributed by atoms with Gasteiger partial charge in [-0.3, -0.25) is 0 Å². The van der Waals surface area contributed by atoms with Gasteiger partial charge in [0.05, 0.1) is 11.2 Å². The van der Waals surface area contributed by atoms with Gasteiger partial charge in [-0.2, -0.15) is 0 Å². The van der Waals surface area contributed by atoms with Gasteiger partial charge >= 0.3 is 0 Å². The number of hydrogen-bond acceptors (Lipinski definition) is 2. The van der Waals surface area contributed by atoms with Gasteiger partial charge in [-0.1, -0.05) is 36.8 Å². The van der Waals surface area contributed by atoms with Crippen LogP contribution in [-0.4, -0.2) is 43.2 Å². The first kappa shape index (κ1) is 19.1. The zero-order valence-electron chi connectivity index (χ0n) is 18.3. The van der Waals surface area contributed by atoms with E-state index in [2.05, 4.69) is 86.5 Å². The molecule has 0 fully saturated rings. The second kappa shape index (κ2) is 7.29. The topological polar surface area (TPSA) is 11.4 Å². The van der Waals surface area contributed by atoms with Crippen molar-refractivity contribution < 1.29 is 0 Å². The van der Waals surface area contributed by atoms with Crippen molar-refractivity contribution in [1.82, 2.24) is 9.47 Å². The zero-order valence-corrected chi connectivity index (χ0v) is 18.3. The summed E-state index contributed by atoms with van der Waals surface area (Å²) in [4.78, 5) is 4.90. The molecule has 1 aliphatic rings. The van der Waals surface area contributed by atoms with Crippen molar-refractivity contribution in [3.8, 4) is 11.1 Å².